The third-order valence-electron chi connectivity index (χ3n) is 2.57. The van der Waals surface area contributed by atoms with Gasteiger partial charge in [-0.2, -0.15) is 0 Å². The second kappa shape index (κ2) is 7.07. The van der Waals surface area contributed by atoms with Gasteiger partial charge in [-0.25, -0.2) is 0 Å². The molecule has 0 bridgehead atoms. The summed E-state index contributed by atoms with van der Waals surface area (Å²) in [6.45, 7) is 10.4. The van der Waals surface area contributed by atoms with E-state index in [-0.39, 0.29) is 5.78 Å². The standard InChI is InChI=1S/C15H19NOS/c1-5-10-16(4)13(3)18-11-15(17)14-8-6-12(2)7-9-14/h5-9H,1,3,10-11H2,2,4H3. The molecular weight excluding hydrogens is 242 g/mol. The number of carbonyl (C=O) groups excluding carboxylic acids is 1. The minimum Gasteiger partial charge on any atom is -0.366 e. The number of likely N-dealkylation sites (N-methyl/N-ethyl adjacent to an activating group) is 1. The molecule has 96 valence electrons. The zero-order valence-corrected chi connectivity index (χ0v) is 11.8. The predicted molar refractivity (Wildman–Crippen MR) is 79.9 cm³/mol. The van der Waals surface area contributed by atoms with Crippen molar-refractivity contribution in [1.29, 1.82) is 0 Å². The second-order valence-electron chi connectivity index (χ2n) is 4.14. The Hall–Kier alpha value is -1.48. The molecule has 0 aliphatic rings. The Labute approximate surface area is 113 Å². The highest BCUT2D eigenvalue weighted by molar-refractivity contribution is 8.03. The molecule has 0 aromatic heterocycles. The Bertz CT molecular complexity index is 436. The quantitative estimate of drug-likeness (QED) is 0.553. The molecule has 0 N–H and O–H groups in total. The molecule has 0 fully saturated rings. The van der Waals surface area contributed by atoms with Crippen molar-refractivity contribution in [3.8, 4) is 0 Å². The van der Waals surface area contributed by atoms with Gasteiger partial charge in [0, 0.05) is 19.2 Å². The predicted octanol–water partition coefficient (Wildman–Crippen LogP) is 3.50. The Morgan fingerprint density at radius 3 is 2.56 bits per heavy atom. The summed E-state index contributed by atoms with van der Waals surface area (Å²) in [4.78, 5) is 13.9. The summed E-state index contributed by atoms with van der Waals surface area (Å²) < 4.78 is 0. The van der Waals surface area contributed by atoms with Crippen LogP contribution in [0, 0.1) is 6.92 Å². The van der Waals surface area contributed by atoms with Gasteiger partial charge in [0.25, 0.3) is 0 Å². The lowest BCUT2D eigenvalue weighted by Gasteiger charge is -2.18. The van der Waals surface area contributed by atoms with E-state index in [2.05, 4.69) is 13.2 Å². The van der Waals surface area contributed by atoms with Gasteiger partial charge in [0.05, 0.1) is 10.8 Å². The van der Waals surface area contributed by atoms with Gasteiger partial charge in [0.1, 0.15) is 0 Å². The highest BCUT2D eigenvalue weighted by Gasteiger charge is 2.08. The number of aryl methyl sites for hydroxylation is 1. The number of hydrogen-bond donors (Lipinski definition) is 0. The first-order chi connectivity index (χ1) is 8.54. The molecule has 0 heterocycles. The minimum atomic E-state index is 0.133. The van der Waals surface area contributed by atoms with Crippen molar-refractivity contribution in [3.05, 3.63) is 59.7 Å². The van der Waals surface area contributed by atoms with Crippen molar-refractivity contribution in [2.24, 2.45) is 0 Å². The van der Waals surface area contributed by atoms with Crippen LogP contribution in [0.15, 0.2) is 48.5 Å². The number of carbonyl (C=O) groups is 1. The topological polar surface area (TPSA) is 20.3 Å². The number of rotatable bonds is 7. The van der Waals surface area contributed by atoms with Gasteiger partial charge in [-0.05, 0) is 6.92 Å². The van der Waals surface area contributed by atoms with E-state index in [0.29, 0.717) is 5.75 Å². The van der Waals surface area contributed by atoms with Crippen molar-refractivity contribution < 1.29 is 4.79 Å². The van der Waals surface area contributed by atoms with Gasteiger partial charge in [0.15, 0.2) is 5.78 Å². The summed E-state index contributed by atoms with van der Waals surface area (Å²) in [5.41, 5.74) is 1.92. The van der Waals surface area contributed by atoms with Crippen LogP contribution in [0.25, 0.3) is 0 Å². The van der Waals surface area contributed by atoms with E-state index in [4.69, 9.17) is 0 Å². The van der Waals surface area contributed by atoms with E-state index < -0.39 is 0 Å². The van der Waals surface area contributed by atoms with E-state index in [9.17, 15) is 4.79 Å². The van der Waals surface area contributed by atoms with Crippen LogP contribution >= 0.6 is 11.8 Å². The highest BCUT2D eigenvalue weighted by Crippen LogP contribution is 2.18. The van der Waals surface area contributed by atoms with Crippen LogP contribution in [-0.2, 0) is 0 Å². The molecule has 0 spiro atoms. The average Bonchev–Trinajstić information content (AvgIpc) is 2.36. The number of nitrogens with zero attached hydrogens (tertiary/aromatic N) is 1. The molecule has 0 saturated heterocycles. The van der Waals surface area contributed by atoms with Gasteiger partial charge in [-0.1, -0.05) is 42.5 Å². The molecule has 1 rings (SSSR count). The first-order valence-electron chi connectivity index (χ1n) is 5.78. The molecule has 0 amide bonds. The Morgan fingerprint density at radius 1 is 1.39 bits per heavy atom. The van der Waals surface area contributed by atoms with E-state index in [1.54, 1.807) is 0 Å². The van der Waals surface area contributed by atoms with Crippen LogP contribution in [0.5, 0.6) is 0 Å². The van der Waals surface area contributed by atoms with Gasteiger partial charge >= 0.3 is 0 Å². The van der Waals surface area contributed by atoms with Gasteiger partial charge < -0.3 is 4.90 Å². The smallest absolute Gasteiger partial charge is 0.173 e. The molecular formula is C15H19NOS. The minimum absolute atomic E-state index is 0.133. The number of benzene rings is 1. The van der Waals surface area contributed by atoms with E-state index in [1.165, 1.54) is 11.8 Å². The van der Waals surface area contributed by atoms with E-state index in [0.717, 1.165) is 22.7 Å². The van der Waals surface area contributed by atoms with Crippen molar-refractivity contribution in [2.75, 3.05) is 19.3 Å². The third kappa shape index (κ3) is 4.41. The molecule has 0 saturated carbocycles. The lowest BCUT2D eigenvalue weighted by Crippen LogP contribution is -2.16. The first-order valence-corrected chi connectivity index (χ1v) is 6.76. The van der Waals surface area contributed by atoms with Crippen molar-refractivity contribution >= 4 is 17.5 Å². The van der Waals surface area contributed by atoms with E-state index in [1.807, 2.05) is 49.2 Å². The number of Topliss-reactive ketones (excluding diaryl/α,β-unsaturated/α-hetero) is 1. The molecule has 0 aliphatic carbocycles. The molecule has 1 aromatic rings. The van der Waals surface area contributed by atoms with Crippen molar-refractivity contribution in [2.45, 2.75) is 6.92 Å². The number of ketones is 1. The van der Waals surface area contributed by atoms with E-state index >= 15 is 0 Å². The maximum Gasteiger partial charge on any atom is 0.173 e. The fourth-order valence-electron chi connectivity index (χ4n) is 1.38. The maximum atomic E-state index is 11.9. The Kier molecular flexibility index (Phi) is 5.72. The normalized spacial score (nSPS) is 9.89. The highest BCUT2D eigenvalue weighted by atomic mass is 32.2. The van der Waals surface area contributed by atoms with Crippen LogP contribution in [0.2, 0.25) is 0 Å². The Balaban J connectivity index is 2.48. The second-order valence-corrected chi connectivity index (χ2v) is 5.19. The summed E-state index contributed by atoms with van der Waals surface area (Å²) in [5.74, 6) is 0.553. The number of thioether (sulfide) groups is 1. The average molecular weight is 261 g/mol. The summed E-state index contributed by atoms with van der Waals surface area (Å²) in [5, 5.41) is 0.885. The molecule has 2 nitrogen and oxygen atoms in total. The molecule has 18 heavy (non-hydrogen) atoms. The zero-order chi connectivity index (χ0) is 13.5. The molecule has 3 heteroatoms. The van der Waals surface area contributed by atoms with Crippen LogP contribution in [0.1, 0.15) is 15.9 Å². The van der Waals surface area contributed by atoms with Crippen LogP contribution in [0.3, 0.4) is 0 Å². The first kappa shape index (κ1) is 14.6. The number of hydrogen-bond acceptors (Lipinski definition) is 3. The van der Waals surface area contributed by atoms with Crippen molar-refractivity contribution in [3.63, 3.8) is 0 Å². The fraction of sp³-hybridized carbons (Fsp3) is 0.267. The third-order valence-corrected chi connectivity index (χ3v) is 3.62. The van der Waals surface area contributed by atoms with Crippen LogP contribution in [0.4, 0.5) is 0 Å². The molecule has 0 unspecified atom stereocenters. The molecule has 0 radical (unpaired) electrons. The molecule has 0 aliphatic heterocycles. The molecule has 0 atom stereocenters. The zero-order valence-electron chi connectivity index (χ0n) is 11.0. The lowest BCUT2D eigenvalue weighted by molar-refractivity contribution is 0.102. The largest absolute Gasteiger partial charge is 0.366 e. The van der Waals surface area contributed by atoms with Gasteiger partial charge in [-0.3, -0.25) is 4.79 Å². The monoisotopic (exact) mass is 261 g/mol. The molecule has 1 aromatic carbocycles. The van der Waals surface area contributed by atoms with Gasteiger partial charge in [-0.15, -0.1) is 18.3 Å². The summed E-state index contributed by atoms with van der Waals surface area (Å²) in [6, 6.07) is 7.65. The summed E-state index contributed by atoms with van der Waals surface area (Å²) in [6.07, 6.45) is 1.81. The van der Waals surface area contributed by atoms with Gasteiger partial charge in [0.2, 0.25) is 0 Å². The Morgan fingerprint density at radius 2 is 2.00 bits per heavy atom. The SMILES string of the molecule is C=CCN(C)C(=C)SCC(=O)c1ccc(C)cc1. The summed E-state index contributed by atoms with van der Waals surface area (Å²) >= 11 is 1.47. The van der Waals surface area contributed by atoms with Crippen LogP contribution in [-0.4, -0.2) is 30.0 Å². The van der Waals surface area contributed by atoms with Crippen molar-refractivity contribution in [1.82, 2.24) is 4.90 Å². The summed E-state index contributed by atoms with van der Waals surface area (Å²) in [7, 11) is 1.94. The fourth-order valence-corrected chi connectivity index (χ4v) is 2.14. The lowest BCUT2D eigenvalue weighted by atomic mass is 10.1. The maximum absolute atomic E-state index is 11.9. The van der Waals surface area contributed by atoms with Crippen LogP contribution < -0.4 is 0 Å².